The van der Waals surface area contributed by atoms with Gasteiger partial charge in [-0.05, 0) is 6.92 Å². The van der Waals surface area contributed by atoms with Crippen LogP contribution in [-0.4, -0.2) is 10.1 Å². The summed E-state index contributed by atoms with van der Waals surface area (Å²) in [4.78, 5) is 3.55. The molecule has 1 rings (SSSR count). The number of aromatic hydroxyl groups is 1. The van der Waals surface area contributed by atoms with Gasteiger partial charge in [0.1, 0.15) is 11.6 Å². The Kier molecular flexibility index (Phi) is 4.18. The number of aryl methyl sites for hydroxylation is 1. The van der Waals surface area contributed by atoms with Crippen LogP contribution in [0.2, 0.25) is 0 Å². The first-order valence-corrected chi connectivity index (χ1v) is 3.51. The van der Waals surface area contributed by atoms with Crippen LogP contribution in [0.1, 0.15) is 19.5 Å². The second-order valence-corrected chi connectivity index (χ2v) is 1.76. The zero-order valence-corrected chi connectivity index (χ0v) is 6.93. The minimum atomic E-state index is -0.477. The molecule has 1 heterocycles. The third kappa shape index (κ3) is 2.98. The molecule has 0 aliphatic heterocycles. The molecule has 0 saturated heterocycles. The maximum absolute atomic E-state index is 12.4. The average Bonchev–Trinajstić information content (AvgIpc) is 2.02. The maximum Gasteiger partial charge on any atom is 0.148 e. The summed E-state index contributed by atoms with van der Waals surface area (Å²) in [5.41, 5.74) is 0.299. The molecule has 0 spiro atoms. The molecular formula is C8H12FNO. The highest BCUT2D eigenvalue weighted by atomic mass is 19.1. The van der Waals surface area contributed by atoms with Gasteiger partial charge < -0.3 is 5.11 Å². The van der Waals surface area contributed by atoms with Crippen molar-refractivity contribution in [1.82, 2.24) is 4.98 Å². The number of rotatable bonds is 0. The van der Waals surface area contributed by atoms with E-state index in [2.05, 4.69) is 4.98 Å². The molecule has 0 atom stereocenters. The highest BCUT2D eigenvalue weighted by molar-refractivity contribution is 5.18. The van der Waals surface area contributed by atoms with Gasteiger partial charge in [0.2, 0.25) is 0 Å². The van der Waals surface area contributed by atoms with E-state index in [1.165, 1.54) is 13.1 Å². The van der Waals surface area contributed by atoms with E-state index in [9.17, 15) is 4.39 Å². The Morgan fingerprint density at radius 3 is 2.36 bits per heavy atom. The maximum atomic E-state index is 12.4. The van der Waals surface area contributed by atoms with Gasteiger partial charge >= 0.3 is 0 Å². The van der Waals surface area contributed by atoms with Crippen molar-refractivity contribution in [3.63, 3.8) is 0 Å². The van der Waals surface area contributed by atoms with Gasteiger partial charge in [0.15, 0.2) is 0 Å². The van der Waals surface area contributed by atoms with Gasteiger partial charge in [0, 0.05) is 6.07 Å². The van der Waals surface area contributed by atoms with Crippen LogP contribution in [0, 0.1) is 12.7 Å². The summed E-state index contributed by atoms with van der Waals surface area (Å²) in [5.74, 6) is -0.617. The molecule has 2 nitrogen and oxygen atoms in total. The fourth-order valence-corrected chi connectivity index (χ4v) is 0.496. The molecule has 62 valence electrons. The van der Waals surface area contributed by atoms with Crippen LogP contribution in [0.5, 0.6) is 5.75 Å². The van der Waals surface area contributed by atoms with Crippen LogP contribution < -0.4 is 0 Å². The number of hydrogen-bond donors (Lipinski definition) is 1. The van der Waals surface area contributed by atoms with Gasteiger partial charge in [-0.3, -0.25) is 4.98 Å². The minimum Gasteiger partial charge on any atom is -0.506 e. The van der Waals surface area contributed by atoms with Crippen molar-refractivity contribution in [2.45, 2.75) is 20.8 Å². The topological polar surface area (TPSA) is 33.1 Å². The molecule has 11 heavy (non-hydrogen) atoms. The van der Waals surface area contributed by atoms with Gasteiger partial charge in [-0.1, -0.05) is 13.8 Å². The molecule has 1 aromatic heterocycles. The van der Waals surface area contributed by atoms with E-state index >= 15 is 0 Å². The van der Waals surface area contributed by atoms with Crippen LogP contribution in [0.3, 0.4) is 0 Å². The smallest absolute Gasteiger partial charge is 0.148 e. The first kappa shape index (κ1) is 9.88. The lowest BCUT2D eigenvalue weighted by Gasteiger charge is -1.93. The van der Waals surface area contributed by atoms with Crippen molar-refractivity contribution >= 4 is 0 Å². The Balaban J connectivity index is 0.000000461. The van der Waals surface area contributed by atoms with Crippen LogP contribution in [-0.2, 0) is 0 Å². The third-order valence-electron chi connectivity index (χ3n) is 1.01. The van der Waals surface area contributed by atoms with Crippen LogP contribution in [0.4, 0.5) is 4.39 Å². The number of pyridine rings is 1. The van der Waals surface area contributed by atoms with E-state index in [4.69, 9.17) is 5.11 Å². The summed E-state index contributed by atoms with van der Waals surface area (Å²) in [6.07, 6.45) is 1.21. The van der Waals surface area contributed by atoms with Crippen LogP contribution >= 0.6 is 0 Å². The summed E-state index contributed by atoms with van der Waals surface area (Å²) in [7, 11) is 0. The van der Waals surface area contributed by atoms with Gasteiger partial charge in [-0.2, -0.15) is 0 Å². The molecule has 0 aliphatic rings. The molecule has 0 saturated carbocycles. The largest absolute Gasteiger partial charge is 0.506 e. The van der Waals surface area contributed by atoms with Gasteiger partial charge in [-0.15, -0.1) is 0 Å². The SMILES string of the molecule is CC.Cc1ncc(O)cc1F. The molecule has 3 heteroatoms. The Bertz CT molecular complexity index is 225. The summed E-state index contributed by atoms with van der Waals surface area (Å²) in [6.45, 7) is 5.54. The van der Waals surface area contributed by atoms with E-state index < -0.39 is 5.82 Å². The van der Waals surface area contributed by atoms with Gasteiger partial charge in [0.25, 0.3) is 0 Å². The van der Waals surface area contributed by atoms with Crippen molar-refractivity contribution in [3.8, 4) is 5.75 Å². The Morgan fingerprint density at radius 1 is 1.45 bits per heavy atom. The van der Waals surface area contributed by atoms with Gasteiger partial charge in [0.05, 0.1) is 11.9 Å². The van der Waals surface area contributed by atoms with Crippen LogP contribution in [0.25, 0.3) is 0 Å². The monoisotopic (exact) mass is 157 g/mol. The number of halogens is 1. The number of aromatic nitrogens is 1. The lowest BCUT2D eigenvalue weighted by molar-refractivity contribution is 0.464. The Morgan fingerprint density at radius 2 is 2.00 bits per heavy atom. The van der Waals surface area contributed by atoms with E-state index in [1.54, 1.807) is 0 Å². The average molecular weight is 157 g/mol. The van der Waals surface area contributed by atoms with E-state index in [1.807, 2.05) is 13.8 Å². The van der Waals surface area contributed by atoms with E-state index in [0.29, 0.717) is 5.69 Å². The summed E-state index contributed by atoms with van der Waals surface area (Å²) < 4.78 is 12.4. The van der Waals surface area contributed by atoms with Crippen molar-refractivity contribution in [2.75, 3.05) is 0 Å². The molecule has 0 fully saturated rings. The first-order chi connectivity index (χ1) is 5.20. The second-order valence-electron chi connectivity index (χ2n) is 1.76. The first-order valence-electron chi connectivity index (χ1n) is 3.51. The zero-order chi connectivity index (χ0) is 8.85. The number of hydrogen-bond acceptors (Lipinski definition) is 2. The predicted octanol–water partition coefficient (Wildman–Crippen LogP) is 2.26. The number of nitrogens with zero attached hydrogens (tertiary/aromatic N) is 1. The van der Waals surface area contributed by atoms with Crippen molar-refractivity contribution in [1.29, 1.82) is 0 Å². The highest BCUT2D eigenvalue weighted by Crippen LogP contribution is 2.09. The predicted molar refractivity (Wildman–Crippen MR) is 41.9 cm³/mol. The fourth-order valence-electron chi connectivity index (χ4n) is 0.496. The van der Waals surface area contributed by atoms with Crippen molar-refractivity contribution in [2.24, 2.45) is 0 Å². The second kappa shape index (κ2) is 4.66. The third-order valence-corrected chi connectivity index (χ3v) is 1.01. The molecule has 0 amide bonds. The summed E-state index contributed by atoms with van der Waals surface area (Å²) >= 11 is 0. The highest BCUT2D eigenvalue weighted by Gasteiger charge is 1.96. The molecule has 0 aromatic carbocycles. The van der Waals surface area contributed by atoms with Crippen molar-refractivity contribution in [3.05, 3.63) is 23.8 Å². The lowest BCUT2D eigenvalue weighted by atomic mass is 10.3. The van der Waals surface area contributed by atoms with Crippen LogP contribution in [0.15, 0.2) is 12.3 Å². The molecule has 0 aliphatic carbocycles. The van der Waals surface area contributed by atoms with Crippen molar-refractivity contribution < 1.29 is 9.50 Å². The molecular weight excluding hydrogens is 145 g/mol. The fraction of sp³-hybridized carbons (Fsp3) is 0.375. The molecule has 1 N–H and O–H groups in total. The Hall–Kier alpha value is -1.12. The van der Waals surface area contributed by atoms with Gasteiger partial charge in [-0.25, -0.2) is 4.39 Å². The normalized spacial score (nSPS) is 8.36. The minimum absolute atomic E-state index is 0.141. The quantitative estimate of drug-likeness (QED) is 0.626. The summed E-state index contributed by atoms with van der Waals surface area (Å²) in [5, 5.41) is 8.64. The molecule has 0 radical (unpaired) electrons. The van der Waals surface area contributed by atoms with E-state index in [-0.39, 0.29) is 5.75 Å². The van der Waals surface area contributed by atoms with E-state index in [0.717, 1.165) is 6.07 Å². The standard InChI is InChI=1S/C6H6FNO.C2H6/c1-4-6(7)2-5(9)3-8-4;1-2/h2-3,9H,1H3;1-2H3. The molecule has 0 bridgehead atoms. The molecule has 1 aromatic rings. The Labute approximate surface area is 65.7 Å². The molecule has 0 unspecified atom stereocenters. The lowest BCUT2D eigenvalue weighted by Crippen LogP contribution is -1.84. The summed E-state index contributed by atoms with van der Waals surface area (Å²) in [6, 6.07) is 1.03. The zero-order valence-electron chi connectivity index (χ0n) is 6.93.